The Kier molecular flexibility index (Phi) is 8.29. The van der Waals surface area contributed by atoms with Crippen molar-refractivity contribution in [2.45, 2.75) is 43.4 Å². The fourth-order valence-corrected chi connectivity index (χ4v) is 3.45. The van der Waals surface area contributed by atoms with Gasteiger partial charge in [0.05, 0.1) is 18.7 Å². The predicted molar refractivity (Wildman–Crippen MR) is 79.3 cm³/mol. The van der Waals surface area contributed by atoms with Gasteiger partial charge in [-0.2, -0.15) is 0 Å². The van der Waals surface area contributed by atoms with Crippen LogP contribution in [0.1, 0.15) is 38.3 Å². The maximum atomic E-state index is 11.1. The molecule has 0 aliphatic carbocycles. The molecule has 1 rings (SSSR count). The number of esters is 1. The van der Waals surface area contributed by atoms with Gasteiger partial charge in [-0.05, 0) is 19.8 Å². The van der Waals surface area contributed by atoms with E-state index in [4.69, 9.17) is 9.84 Å². The topological polar surface area (TPSA) is 76.5 Å². The molecule has 0 aliphatic rings. The highest BCUT2D eigenvalue weighted by molar-refractivity contribution is 8.00. The van der Waals surface area contributed by atoms with Gasteiger partial charge in [0.1, 0.15) is 4.34 Å². The molecule has 1 aromatic rings. The second kappa shape index (κ2) is 9.77. The van der Waals surface area contributed by atoms with Crippen LogP contribution in [0.3, 0.4) is 0 Å². The normalized spacial score (nSPS) is 10.4. The van der Waals surface area contributed by atoms with Gasteiger partial charge in [-0.1, -0.05) is 18.2 Å². The third-order valence-electron chi connectivity index (χ3n) is 2.42. The SMILES string of the molecule is CCOC(=O)CCCCCSc1nc(CC(=O)O)cs1. The Morgan fingerprint density at radius 1 is 1.40 bits per heavy atom. The van der Waals surface area contributed by atoms with Crippen molar-refractivity contribution in [3.8, 4) is 0 Å². The Morgan fingerprint density at radius 3 is 2.90 bits per heavy atom. The van der Waals surface area contributed by atoms with Crippen molar-refractivity contribution < 1.29 is 19.4 Å². The summed E-state index contributed by atoms with van der Waals surface area (Å²) in [5.74, 6) is -0.0488. The lowest BCUT2D eigenvalue weighted by Gasteiger charge is -2.01. The van der Waals surface area contributed by atoms with Crippen molar-refractivity contribution in [2.75, 3.05) is 12.4 Å². The molecule has 0 atom stereocenters. The summed E-state index contributed by atoms with van der Waals surface area (Å²) >= 11 is 3.12. The average Bonchev–Trinajstić information content (AvgIpc) is 2.80. The molecular weight excluding hydrogens is 298 g/mol. The smallest absolute Gasteiger partial charge is 0.309 e. The van der Waals surface area contributed by atoms with Crippen molar-refractivity contribution in [2.24, 2.45) is 0 Å². The Bertz CT molecular complexity index is 434. The standard InChI is InChI=1S/C13H19NO4S2/c1-2-18-12(17)6-4-3-5-7-19-13-14-10(9-20-13)8-11(15)16/h9H,2-8H2,1H3,(H,15,16). The van der Waals surface area contributed by atoms with Crippen LogP contribution in [0.2, 0.25) is 0 Å². The lowest BCUT2D eigenvalue weighted by atomic mass is 10.2. The van der Waals surface area contributed by atoms with Crippen LogP contribution in [-0.4, -0.2) is 34.4 Å². The molecular formula is C13H19NO4S2. The first kappa shape index (κ1) is 17.0. The summed E-state index contributed by atoms with van der Waals surface area (Å²) in [6.45, 7) is 2.25. The van der Waals surface area contributed by atoms with Crippen LogP contribution in [0, 0.1) is 0 Å². The molecule has 0 fully saturated rings. The van der Waals surface area contributed by atoms with E-state index in [1.165, 1.54) is 11.3 Å². The van der Waals surface area contributed by atoms with Crippen LogP contribution >= 0.6 is 23.1 Å². The zero-order valence-corrected chi connectivity index (χ0v) is 13.1. The van der Waals surface area contributed by atoms with Crippen molar-refractivity contribution in [1.82, 2.24) is 4.98 Å². The largest absolute Gasteiger partial charge is 0.481 e. The minimum atomic E-state index is -0.856. The number of thioether (sulfide) groups is 1. The molecule has 0 aliphatic heterocycles. The molecule has 0 saturated carbocycles. The number of carboxylic acids is 1. The molecule has 1 heterocycles. The number of aromatic nitrogens is 1. The maximum absolute atomic E-state index is 11.1. The second-order valence-electron chi connectivity index (χ2n) is 4.14. The van der Waals surface area contributed by atoms with Crippen molar-refractivity contribution in [3.05, 3.63) is 11.1 Å². The Hall–Kier alpha value is -1.08. The molecule has 0 bridgehead atoms. The summed E-state index contributed by atoms with van der Waals surface area (Å²) in [7, 11) is 0. The summed E-state index contributed by atoms with van der Waals surface area (Å²) in [5, 5.41) is 10.4. The van der Waals surface area contributed by atoms with E-state index in [9.17, 15) is 9.59 Å². The number of nitrogens with zero attached hydrogens (tertiary/aromatic N) is 1. The van der Waals surface area contributed by atoms with Gasteiger partial charge in [-0.15, -0.1) is 11.3 Å². The van der Waals surface area contributed by atoms with Crippen LogP contribution in [0.15, 0.2) is 9.72 Å². The van der Waals surface area contributed by atoms with Gasteiger partial charge in [0, 0.05) is 17.6 Å². The molecule has 0 spiro atoms. The van der Waals surface area contributed by atoms with E-state index in [1.807, 2.05) is 0 Å². The zero-order chi connectivity index (χ0) is 14.8. The highest BCUT2D eigenvalue weighted by atomic mass is 32.2. The van der Waals surface area contributed by atoms with Crippen LogP contribution < -0.4 is 0 Å². The van der Waals surface area contributed by atoms with Crippen LogP contribution in [-0.2, 0) is 20.7 Å². The third-order valence-corrected chi connectivity index (χ3v) is 4.58. The number of carboxylic acid groups (broad SMARTS) is 1. The van der Waals surface area contributed by atoms with E-state index in [1.54, 1.807) is 24.1 Å². The molecule has 0 unspecified atom stereocenters. The van der Waals surface area contributed by atoms with Crippen molar-refractivity contribution in [3.63, 3.8) is 0 Å². The molecule has 0 saturated heterocycles. The number of hydrogen-bond donors (Lipinski definition) is 1. The number of rotatable bonds is 10. The molecule has 0 aromatic carbocycles. The zero-order valence-electron chi connectivity index (χ0n) is 11.5. The molecule has 112 valence electrons. The Balaban J connectivity index is 2.08. The molecule has 0 amide bonds. The van der Waals surface area contributed by atoms with Crippen LogP contribution in [0.25, 0.3) is 0 Å². The van der Waals surface area contributed by atoms with E-state index in [-0.39, 0.29) is 12.4 Å². The van der Waals surface area contributed by atoms with Crippen LogP contribution in [0.4, 0.5) is 0 Å². The number of ether oxygens (including phenoxy) is 1. The van der Waals surface area contributed by atoms with Gasteiger partial charge in [0.15, 0.2) is 0 Å². The summed E-state index contributed by atoms with van der Waals surface area (Å²) in [6.07, 6.45) is 3.31. The summed E-state index contributed by atoms with van der Waals surface area (Å²) in [6, 6.07) is 0. The number of carbonyl (C=O) groups is 2. The van der Waals surface area contributed by atoms with Crippen LogP contribution in [0.5, 0.6) is 0 Å². The van der Waals surface area contributed by atoms with Gasteiger partial charge < -0.3 is 9.84 Å². The van der Waals surface area contributed by atoms with E-state index >= 15 is 0 Å². The summed E-state index contributed by atoms with van der Waals surface area (Å²) in [5.41, 5.74) is 0.618. The highest BCUT2D eigenvalue weighted by Crippen LogP contribution is 2.24. The highest BCUT2D eigenvalue weighted by Gasteiger charge is 2.06. The maximum Gasteiger partial charge on any atom is 0.309 e. The molecule has 1 N–H and O–H groups in total. The number of carbonyl (C=O) groups excluding carboxylic acids is 1. The monoisotopic (exact) mass is 317 g/mol. The minimum Gasteiger partial charge on any atom is -0.481 e. The van der Waals surface area contributed by atoms with Crippen molar-refractivity contribution in [1.29, 1.82) is 0 Å². The minimum absolute atomic E-state index is 0.0173. The number of aliphatic carboxylic acids is 1. The lowest BCUT2D eigenvalue weighted by Crippen LogP contribution is -2.03. The van der Waals surface area contributed by atoms with Gasteiger partial charge >= 0.3 is 11.9 Å². The van der Waals surface area contributed by atoms with E-state index in [2.05, 4.69) is 4.98 Å². The van der Waals surface area contributed by atoms with E-state index in [0.717, 1.165) is 29.4 Å². The Morgan fingerprint density at radius 2 is 2.20 bits per heavy atom. The Labute approximate surface area is 126 Å². The first-order chi connectivity index (χ1) is 9.61. The number of thiazole rings is 1. The summed E-state index contributed by atoms with van der Waals surface area (Å²) < 4.78 is 5.76. The first-order valence-electron chi connectivity index (χ1n) is 6.56. The summed E-state index contributed by atoms with van der Waals surface area (Å²) in [4.78, 5) is 25.9. The van der Waals surface area contributed by atoms with E-state index < -0.39 is 5.97 Å². The van der Waals surface area contributed by atoms with E-state index in [0.29, 0.717) is 18.7 Å². The van der Waals surface area contributed by atoms with Crippen molar-refractivity contribution >= 4 is 35.0 Å². The average molecular weight is 317 g/mol. The number of unbranched alkanes of at least 4 members (excludes halogenated alkanes) is 2. The van der Waals surface area contributed by atoms with Gasteiger partial charge in [-0.3, -0.25) is 9.59 Å². The fourth-order valence-electron chi connectivity index (χ4n) is 1.53. The second-order valence-corrected chi connectivity index (χ2v) is 6.34. The number of hydrogen-bond acceptors (Lipinski definition) is 6. The van der Waals surface area contributed by atoms with Gasteiger partial charge in [0.25, 0.3) is 0 Å². The molecule has 7 heteroatoms. The first-order valence-corrected chi connectivity index (χ1v) is 8.43. The van der Waals surface area contributed by atoms with Gasteiger partial charge in [-0.25, -0.2) is 4.98 Å². The molecule has 20 heavy (non-hydrogen) atoms. The fraction of sp³-hybridized carbons (Fsp3) is 0.615. The molecule has 1 aromatic heterocycles. The molecule has 0 radical (unpaired) electrons. The lowest BCUT2D eigenvalue weighted by molar-refractivity contribution is -0.143. The van der Waals surface area contributed by atoms with Gasteiger partial charge in [0.2, 0.25) is 0 Å². The molecule has 5 nitrogen and oxygen atoms in total. The third kappa shape index (κ3) is 7.49. The predicted octanol–water partition coefficient (Wildman–Crippen LogP) is 2.99. The quantitative estimate of drug-likeness (QED) is 0.406.